The van der Waals surface area contributed by atoms with Crippen molar-refractivity contribution in [3.8, 4) is 0 Å². The first-order chi connectivity index (χ1) is 9.83. The molecule has 114 valence electrons. The van der Waals surface area contributed by atoms with E-state index >= 15 is 0 Å². The summed E-state index contributed by atoms with van der Waals surface area (Å²) in [5.41, 5.74) is -0.620. The minimum absolute atomic E-state index is 0.156. The van der Waals surface area contributed by atoms with E-state index in [-0.39, 0.29) is 28.5 Å². The standard InChI is InChI=1S/C16H20FNO3/c1-16(2)9-4-3-7-11(16)14(19)18-13-10(15(20)21)6-5-8-12(13)17/h5-6,8,11H,3-4,7,9H2,1-2H3,(H,18,19)(H,20,21). The fourth-order valence-corrected chi connectivity index (χ4v) is 3.02. The fourth-order valence-electron chi connectivity index (χ4n) is 3.02. The third-order valence-corrected chi connectivity index (χ3v) is 4.32. The molecule has 0 bridgehead atoms. The zero-order valence-electron chi connectivity index (χ0n) is 12.3. The lowest BCUT2D eigenvalue weighted by atomic mass is 9.68. The van der Waals surface area contributed by atoms with Crippen LogP contribution in [0, 0.1) is 17.2 Å². The monoisotopic (exact) mass is 293 g/mol. The van der Waals surface area contributed by atoms with Gasteiger partial charge in [-0.1, -0.05) is 32.8 Å². The third kappa shape index (κ3) is 3.23. The van der Waals surface area contributed by atoms with Crippen molar-refractivity contribution < 1.29 is 19.1 Å². The van der Waals surface area contributed by atoms with Crippen LogP contribution in [0.25, 0.3) is 0 Å². The molecule has 2 N–H and O–H groups in total. The molecule has 0 spiro atoms. The number of carboxylic acids is 1. The lowest BCUT2D eigenvalue weighted by Gasteiger charge is -2.37. The van der Waals surface area contributed by atoms with Crippen molar-refractivity contribution >= 4 is 17.6 Å². The van der Waals surface area contributed by atoms with Gasteiger partial charge >= 0.3 is 5.97 Å². The number of carbonyl (C=O) groups excluding carboxylic acids is 1. The molecule has 1 atom stereocenters. The van der Waals surface area contributed by atoms with Gasteiger partial charge in [0, 0.05) is 5.92 Å². The van der Waals surface area contributed by atoms with Crippen LogP contribution in [0.5, 0.6) is 0 Å². The first kappa shape index (κ1) is 15.5. The van der Waals surface area contributed by atoms with Gasteiger partial charge in [-0.2, -0.15) is 0 Å². The van der Waals surface area contributed by atoms with E-state index in [0.29, 0.717) is 0 Å². The number of nitrogens with one attached hydrogen (secondary N) is 1. The second-order valence-electron chi connectivity index (χ2n) is 6.24. The van der Waals surface area contributed by atoms with Crippen molar-refractivity contribution in [1.29, 1.82) is 0 Å². The maximum Gasteiger partial charge on any atom is 0.337 e. The number of benzene rings is 1. The molecule has 1 aromatic carbocycles. The number of amides is 1. The summed E-state index contributed by atoms with van der Waals surface area (Å²) in [5.74, 6) is -2.51. The minimum Gasteiger partial charge on any atom is -0.478 e. The number of hydrogen-bond donors (Lipinski definition) is 2. The Morgan fingerprint density at radius 1 is 1.33 bits per heavy atom. The van der Waals surface area contributed by atoms with Crippen molar-refractivity contribution in [2.75, 3.05) is 5.32 Å². The highest BCUT2D eigenvalue weighted by atomic mass is 19.1. The number of halogens is 1. The van der Waals surface area contributed by atoms with Crippen LogP contribution in [0.2, 0.25) is 0 Å². The third-order valence-electron chi connectivity index (χ3n) is 4.32. The van der Waals surface area contributed by atoms with Gasteiger partial charge in [0.15, 0.2) is 0 Å². The van der Waals surface area contributed by atoms with E-state index in [1.165, 1.54) is 12.1 Å². The number of carbonyl (C=O) groups is 2. The molecule has 1 aromatic rings. The van der Waals surface area contributed by atoms with Crippen LogP contribution in [0.3, 0.4) is 0 Å². The van der Waals surface area contributed by atoms with Gasteiger partial charge in [-0.15, -0.1) is 0 Å². The van der Waals surface area contributed by atoms with E-state index in [1.807, 2.05) is 13.8 Å². The summed E-state index contributed by atoms with van der Waals surface area (Å²) in [6.45, 7) is 4.05. The Hall–Kier alpha value is -1.91. The van der Waals surface area contributed by atoms with Crippen molar-refractivity contribution in [3.63, 3.8) is 0 Å². The molecular weight excluding hydrogens is 273 g/mol. The zero-order valence-corrected chi connectivity index (χ0v) is 12.3. The first-order valence-corrected chi connectivity index (χ1v) is 7.15. The molecule has 21 heavy (non-hydrogen) atoms. The molecule has 1 amide bonds. The molecule has 1 unspecified atom stereocenters. The Kier molecular flexibility index (Phi) is 4.30. The molecule has 1 fully saturated rings. The Labute approximate surface area is 123 Å². The highest BCUT2D eigenvalue weighted by molar-refractivity contribution is 6.01. The smallest absolute Gasteiger partial charge is 0.337 e. The van der Waals surface area contributed by atoms with Crippen molar-refractivity contribution in [1.82, 2.24) is 0 Å². The second-order valence-corrected chi connectivity index (χ2v) is 6.24. The summed E-state index contributed by atoms with van der Waals surface area (Å²) < 4.78 is 13.9. The predicted molar refractivity (Wildman–Crippen MR) is 77.7 cm³/mol. The van der Waals surface area contributed by atoms with E-state index in [9.17, 15) is 14.0 Å². The second kappa shape index (κ2) is 5.84. The van der Waals surface area contributed by atoms with Crippen LogP contribution in [0.1, 0.15) is 49.9 Å². The highest BCUT2D eigenvalue weighted by Crippen LogP contribution is 2.41. The number of rotatable bonds is 3. The molecule has 4 nitrogen and oxygen atoms in total. The summed E-state index contributed by atoms with van der Waals surface area (Å²) in [5, 5.41) is 11.6. The Morgan fingerprint density at radius 2 is 2.05 bits per heavy atom. The summed E-state index contributed by atoms with van der Waals surface area (Å²) in [7, 11) is 0. The minimum atomic E-state index is -1.26. The zero-order chi connectivity index (χ0) is 15.6. The lowest BCUT2D eigenvalue weighted by molar-refractivity contribution is -0.124. The van der Waals surface area contributed by atoms with Gasteiger partial charge in [-0.25, -0.2) is 9.18 Å². The molecule has 1 aliphatic rings. The number of carboxylic acid groups (broad SMARTS) is 1. The molecule has 0 aliphatic heterocycles. The Morgan fingerprint density at radius 3 is 2.67 bits per heavy atom. The number of hydrogen-bond acceptors (Lipinski definition) is 2. The van der Waals surface area contributed by atoms with Crippen molar-refractivity contribution in [2.45, 2.75) is 39.5 Å². The molecular formula is C16H20FNO3. The normalized spacial score (nSPS) is 20.8. The predicted octanol–water partition coefficient (Wildman–Crippen LogP) is 3.68. The van der Waals surface area contributed by atoms with Gasteiger partial charge in [0.1, 0.15) is 5.82 Å². The van der Waals surface area contributed by atoms with Crippen LogP contribution < -0.4 is 5.32 Å². The SMILES string of the molecule is CC1(C)CCCCC1C(=O)Nc1c(F)cccc1C(=O)O. The van der Waals surface area contributed by atoms with E-state index in [4.69, 9.17) is 5.11 Å². The van der Waals surface area contributed by atoms with Crippen LogP contribution in [0.15, 0.2) is 18.2 Å². The maximum absolute atomic E-state index is 13.9. The van der Waals surface area contributed by atoms with Crippen LogP contribution in [-0.4, -0.2) is 17.0 Å². The average Bonchev–Trinajstić information content (AvgIpc) is 2.40. The number of aromatic carboxylic acids is 1. The first-order valence-electron chi connectivity index (χ1n) is 7.15. The van der Waals surface area contributed by atoms with Crippen molar-refractivity contribution in [3.05, 3.63) is 29.6 Å². The highest BCUT2D eigenvalue weighted by Gasteiger charge is 2.37. The number of anilines is 1. The van der Waals surface area contributed by atoms with E-state index in [1.54, 1.807) is 0 Å². The van der Waals surface area contributed by atoms with Gasteiger partial charge in [-0.05, 0) is 30.4 Å². The van der Waals surface area contributed by atoms with Crippen LogP contribution in [0.4, 0.5) is 10.1 Å². The van der Waals surface area contributed by atoms with E-state index in [2.05, 4.69) is 5.32 Å². The summed E-state index contributed by atoms with van der Waals surface area (Å²) in [6, 6.07) is 3.75. The molecule has 0 heterocycles. The fraction of sp³-hybridized carbons (Fsp3) is 0.500. The molecule has 1 saturated carbocycles. The molecule has 0 aromatic heterocycles. The van der Waals surface area contributed by atoms with Crippen LogP contribution >= 0.6 is 0 Å². The molecule has 1 aliphatic carbocycles. The molecule has 5 heteroatoms. The number of para-hydroxylation sites is 1. The molecule has 2 rings (SSSR count). The average molecular weight is 293 g/mol. The molecule has 0 saturated heterocycles. The maximum atomic E-state index is 13.9. The van der Waals surface area contributed by atoms with Gasteiger partial charge in [-0.3, -0.25) is 4.79 Å². The van der Waals surface area contributed by atoms with Gasteiger partial charge in [0.25, 0.3) is 0 Å². The van der Waals surface area contributed by atoms with Gasteiger partial charge in [0.2, 0.25) is 5.91 Å². The van der Waals surface area contributed by atoms with Gasteiger partial charge in [0.05, 0.1) is 11.3 Å². The Bertz CT molecular complexity index is 569. The van der Waals surface area contributed by atoms with Crippen molar-refractivity contribution in [2.24, 2.45) is 11.3 Å². The van der Waals surface area contributed by atoms with Crippen LogP contribution in [-0.2, 0) is 4.79 Å². The Balaban J connectivity index is 2.26. The lowest BCUT2D eigenvalue weighted by Crippen LogP contribution is -2.37. The topological polar surface area (TPSA) is 66.4 Å². The van der Waals surface area contributed by atoms with E-state index in [0.717, 1.165) is 31.7 Å². The molecule has 0 radical (unpaired) electrons. The summed E-state index contributed by atoms with van der Waals surface area (Å²) in [4.78, 5) is 23.6. The van der Waals surface area contributed by atoms with E-state index < -0.39 is 11.8 Å². The van der Waals surface area contributed by atoms with Gasteiger partial charge < -0.3 is 10.4 Å². The quantitative estimate of drug-likeness (QED) is 0.893. The largest absolute Gasteiger partial charge is 0.478 e. The summed E-state index contributed by atoms with van der Waals surface area (Å²) in [6.07, 6.45) is 3.73. The summed E-state index contributed by atoms with van der Waals surface area (Å²) >= 11 is 0.